The number of carbonyl (C=O) groups is 1. The van der Waals surface area contributed by atoms with Gasteiger partial charge in [-0.1, -0.05) is 35.6 Å². The van der Waals surface area contributed by atoms with Gasteiger partial charge in [0.05, 0.1) is 0 Å². The van der Waals surface area contributed by atoms with Crippen LogP contribution in [0.5, 0.6) is 0 Å². The van der Waals surface area contributed by atoms with Crippen molar-refractivity contribution >= 4 is 45.9 Å². The van der Waals surface area contributed by atoms with Gasteiger partial charge >= 0.3 is 0 Å². The molecule has 2 heterocycles. The Labute approximate surface area is 149 Å². The molecule has 1 aliphatic heterocycles. The SMILES string of the molecule is CN(C(=O)CCSc1ccccc1)c1nnc(C2=CCCN=C2)s1. The number of benzene rings is 1. The van der Waals surface area contributed by atoms with Gasteiger partial charge in [-0.3, -0.25) is 14.7 Å². The minimum Gasteiger partial charge on any atom is -0.292 e. The zero-order valence-corrected chi connectivity index (χ0v) is 15.0. The van der Waals surface area contributed by atoms with Gasteiger partial charge in [0.2, 0.25) is 11.0 Å². The van der Waals surface area contributed by atoms with Gasteiger partial charge in [-0.2, -0.15) is 0 Å². The molecule has 2 aromatic rings. The molecule has 0 radical (unpaired) electrons. The Morgan fingerprint density at radius 2 is 2.12 bits per heavy atom. The second-order valence-electron chi connectivity index (χ2n) is 5.24. The largest absolute Gasteiger partial charge is 0.292 e. The maximum absolute atomic E-state index is 12.3. The molecule has 1 aromatic carbocycles. The fraction of sp³-hybridized carbons (Fsp3) is 0.294. The van der Waals surface area contributed by atoms with E-state index in [0.717, 1.165) is 29.3 Å². The quantitative estimate of drug-likeness (QED) is 0.741. The van der Waals surface area contributed by atoms with E-state index >= 15 is 0 Å². The zero-order valence-electron chi connectivity index (χ0n) is 13.4. The molecule has 3 rings (SSSR count). The lowest BCUT2D eigenvalue weighted by atomic mass is 10.2. The second kappa shape index (κ2) is 8.21. The number of dihydropyridines is 1. The smallest absolute Gasteiger partial charge is 0.229 e. The summed E-state index contributed by atoms with van der Waals surface area (Å²) in [5.41, 5.74) is 0.991. The monoisotopic (exact) mass is 358 g/mol. The van der Waals surface area contributed by atoms with Gasteiger partial charge < -0.3 is 0 Å². The van der Waals surface area contributed by atoms with Crippen molar-refractivity contribution in [1.82, 2.24) is 10.2 Å². The van der Waals surface area contributed by atoms with Crippen LogP contribution in [0.2, 0.25) is 0 Å². The Bertz CT molecular complexity index is 755. The number of allylic oxidation sites excluding steroid dienone is 1. The van der Waals surface area contributed by atoms with Gasteiger partial charge in [0.15, 0.2) is 5.01 Å². The molecular weight excluding hydrogens is 340 g/mol. The minimum atomic E-state index is 0.0485. The van der Waals surface area contributed by atoms with Gasteiger partial charge in [0.25, 0.3) is 0 Å². The van der Waals surface area contributed by atoms with E-state index < -0.39 is 0 Å². The van der Waals surface area contributed by atoms with E-state index in [-0.39, 0.29) is 5.91 Å². The van der Waals surface area contributed by atoms with Crippen LogP contribution in [0.4, 0.5) is 5.13 Å². The molecule has 0 N–H and O–H groups in total. The van der Waals surface area contributed by atoms with E-state index in [1.165, 1.54) is 16.2 Å². The third-order valence-corrected chi connectivity index (χ3v) is 5.57. The predicted octanol–water partition coefficient (Wildman–Crippen LogP) is 3.54. The standard InChI is InChI=1S/C17H18N4OS2/c1-21(15(22)9-11-23-14-7-3-2-4-8-14)17-20-19-16(24-17)13-6-5-10-18-12-13/h2-4,6-8,12H,5,9-11H2,1H3. The summed E-state index contributed by atoms with van der Waals surface area (Å²) in [6.07, 6.45) is 5.32. The first-order valence-electron chi connectivity index (χ1n) is 7.72. The Balaban J connectivity index is 1.54. The molecule has 0 aliphatic carbocycles. The van der Waals surface area contributed by atoms with Crippen molar-refractivity contribution in [3.8, 4) is 0 Å². The molecule has 1 aliphatic rings. The highest BCUT2D eigenvalue weighted by Crippen LogP contribution is 2.26. The third-order valence-electron chi connectivity index (χ3n) is 3.50. The second-order valence-corrected chi connectivity index (χ2v) is 7.36. The highest BCUT2D eigenvalue weighted by atomic mass is 32.2. The van der Waals surface area contributed by atoms with Crippen LogP contribution >= 0.6 is 23.1 Å². The van der Waals surface area contributed by atoms with E-state index in [0.29, 0.717) is 11.6 Å². The number of aromatic nitrogens is 2. The van der Waals surface area contributed by atoms with Gasteiger partial charge in [0.1, 0.15) is 0 Å². The van der Waals surface area contributed by atoms with E-state index in [4.69, 9.17) is 0 Å². The van der Waals surface area contributed by atoms with E-state index in [9.17, 15) is 4.79 Å². The molecule has 0 bridgehead atoms. The predicted molar refractivity (Wildman–Crippen MR) is 101 cm³/mol. The highest BCUT2D eigenvalue weighted by molar-refractivity contribution is 7.99. The number of anilines is 1. The van der Waals surface area contributed by atoms with Crippen LogP contribution in [0.1, 0.15) is 17.8 Å². The number of thioether (sulfide) groups is 1. The summed E-state index contributed by atoms with van der Waals surface area (Å²) in [5, 5.41) is 9.76. The molecule has 0 spiro atoms. The van der Waals surface area contributed by atoms with Crippen LogP contribution < -0.4 is 4.90 Å². The maximum Gasteiger partial charge on any atom is 0.229 e. The van der Waals surface area contributed by atoms with Crippen molar-refractivity contribution < 1.29 is 4.79 Å². The van der Waals surface area contributed by atoms with Crippen LogP contribution in [0.15, 0.2) is 46.3 Å². The van der Waals surface area contributed by atoms with Crippen LogP contribution in [-0.2, 0) is 4.79 Å². The Morgan fingerprint density at radius 3 is 2.88 bits per heavy atom. The lowest BCUT2D eigenvalue weighted by Gasteiger charge is -2.12. The van der Waals surface area contributed by atoms with E-state index in [1.807, 2.05) is 24.4 Å². The van der Waals surface area contributed by atoms with Crippen LogP contribution in [-0.4, -0.2) is 41.7 Å². The van der Waals surface area contributed by atoms with Crippen LogP contribution in [0, 0.1) is 0 Å². The molecule has 0 saturated heterocycles. The normalized spacial score (nSPS) is 13.6. The first-order valence-corrected chi connectivity index (χ1v) is 9.52. The Hall–Kier alpha value is -1.99. The van der Waals surface area contributed by atoms with Gasteiger partial charge in [-0.25, -0.2) is 0 Å². The van der Waals surface area contributed by atoms with Crippen molar-refractivity contribution in [3.63, 3.8) is 0 Å². The van der Waals surface area contributed by atoms with Crippen LogP contribution in [0.25, 0.3) is 5.57 Å². The van der Waals surface area contributed by atoms with Crippen molar-refractivity contribution in [2.24, 2.45) is 4.99 Å². The van der Waals surface area contributed by atoms with Crippen LogP contribution in [0.3, 0.4) is 0 Å². The number of hydrogen-bond donors (Lipinski definition) is 0. The average Bonchev–Trinajstić information content (AvgIpc) is 3.13. The lowest BCUT2D eigenvalue weighted by Crippen LogP contribution is -2.26. The summed E-state index contributed by atoms with van der Waals surface area (Å²) in [5.74, 6) is 0.795. The molecule has 5 nitrogen and oxygen atoms in total. The Morgan fingerprint density at radius 1 is 1.29 bits per heavy atom. The van der Waals surface area contributed by atoms with Gasteiger partial charge in [-0.05, 0) is 18.6 Å². The number of carbonyl (C=O) groups excluding carboxylic acids is 1. The molecule has 0 fully saturated rings. The number of amides is 1. The summed E-state index contributed by atoms with van der Waals surface area (Å²) in [6.45, 7) is 0.826. The summed E-state index contributed by atoms with van der Waals surface area (Å²) in [6, 6.07) is 10.1. The first kappa shape index (κ1) is 16.9. The fourth-order valence-electron chi connectivity index (χ4n) is 2.17. The lowest BCUT2D eigenvalue weighted by molar-refractivity contribution is -0.117. The molecule has 124 valence electrons. The molecular formula is C17H18N4OS2. The van der Waals surface area contributed by atoms with Gasteiger partial charge in [-0.15, -0.1) is 22.0 Å². The third kappa shape index (κ3) is 4.30. The zero-order chi connectivity index (χ0) is 16.8. The molecule has 0 atom stereocenters. The molecule has 1 amide bonds. The van der Waals surface area contributed by atoms with Gasteiger partial charge in [0, 0.05) is 42.4 Å². The van der Waals surface area contributed by atoms with Crippen molar-refractivity contribution in [2.75, 3.05) is 24.2 Å². The molecule has 1 aromatic heterocycles. The van der Waals surface area contributed by atoms with Crippen molar-refractivity contribution in [3.05, 3.63) is 41.4 Å². The van der Waals surface area contributed by atoms with Crippen molar-refractivity contribution in [1.29, 1.82) is 0 Å². The summed E-state index contributed by atoms with van der Waals surface area (Å²) < 4.78 is 0. The van der Waals surface area contributed by atoms with E-state index in [2.05, 4.69) is 33.4 Å². The average molecular weight is 358 g/mol. The number of aliphatic imine (C=N–C) groups is 1. The molecule has 7 heteroatoms. The van der Waals surface area contributed by atoms with E-state index in [1.54, 1.807) is 23.7 Å². The van der Waals surface area contributed by atoms with Crippen molar-refractivity contribution in [2.45, 2.75) is 17.7 Å². The Kier molecular flexibility index (Phi) is 5.77. The minimum absolute atomic E-state index is 0.0485. The summed E-state index contributed by atoms with van der Waals surface area (Å²) in [7, 11) is 1.75. The first-order chi connectivity index (χ1) is 11.7. The fourth-order valence-corrected chi connectivity index (χ4v) is 3.86. The number of hydrogen-bond acceptors (Lipinski definition) is 6. The number of rotatable bonds is 6. The summed E-state index contributed by atoms with van der Waals surface area (Å²) >= 11 is 3.10. The maximum atomic E-state index is 12.3. The molecule has 0 saturated carbocycles. The number of nitrogens with zero attached hydrogens (tertiary/aromatic N) is 4. The molecule has 0 unspecified atom stereocenters. The molecule has 24 heavy (non-hydrogen) atoms. The summed E-state index contributed by atoms with van der Waals surface area (Å²) in [4.78, 5) is 19.4. The topological polar surface area (TPSA) is 58.5 Å². The highest BCUT2D eigenvalue weighted by Gasteiger charge is 2.17.